The summed E-state index contributed by atoms with van der Waals surface area (Å²) in [5.74, 6) is 0. The fourth-order valence-electron chi connectivity index (χ4n) is 0.823. The van der Waals surface area contributed by atoms with Gasteiger partial charge >= 0.3 is 12.3 Å². The summed E-state index contributed by atoms with van der Waals surface area (Å²) in [4.78, 5) is 10.6. The van der Waals surface area contributed by atoms with Gasteiger partial charge in [0.15, 0.2) is 0 Å². The molecule has 1 N–H and O–H groups in total. The molecule has 1 amide bonds. The first-order chi connectivity index (χ1) is 6.45. The van der Waals surface area contributed by atoms with Gasteiger partial charge in [-0.25, -0.2) is 4.79 Å². The molecule has 0 radical (unpaired) electrons. The quantitative estimate of drug-likeness (QED) is 0.712. The zero-order valence-corrected chi connectivity index (χ0v) is 7.99. The Kier molecular flexibility index (Phi) is 6.07. The molecule has 0 unspecified atom stereocenters. The SMILES string of the molecule is CCOC(=O)NCCCCC(F)(F)F. The molecule has 0 aliphatic rings. The van der Waals surface area contributed by atoms with Crippen LogP contribution in [0.3, 0.4) is 0 Å². The van der Waals surface area contributed by atoms with E-state index in [4.69, 9.17) is 0 Å². The molecule has 0 rings (SSSR count). The van der Waals surface area contributed by atoms with E-state index in [-0.39, 0.29) is 19.6 Å². The number of amides is 1. The molecule has 6 heteroatoms. The molecular formula is C8H14F3NO2. The summed E-state index contributed by atoms with van der Waals surface area (Å²) in [7, 11) is 0. The van der Waals surface area contributed by atoms with Gasteiger partial charge in [-0.15, -0.1) is 0 Å². The molecule has 0 heterocycles. The maximum Gasteiger partial charge on any atom is 0.407 e. The lowest BCUT2D eigenvalue weighted by Crippen LogP contribution is -2.25. The second kappa shape index (κ2) is 6.50. The Hall–Kier alpha value is -0.940. The highest BCUT2D eigenvalue weighted by atomic mass is 19.4. The molecule has 0 saturated carbocycles. The number of unbranched alkanes of at least 4 members (excludes halogenated alkanes) is 1. The number of hydrogen-bond donors (Lipinski definition) is 1. The van der Waals surface area contributed by atoms with Crippen molar-refractivity contribution in [3.8, 4) is 0 Å². The lowest BCUT2D eigenvalue weighted by atomic mass is 10.2. The number of carbonyl (C=O) groups is 1. The Morgan fingerprint density at radius 3 is 2.50 bits per heavy atom. The van der Waals surface area contributed by atoms with Gasteiger partial charge in [0.25, 0.3) is 0 Å². The zero-order valence-electron chi connectivity index (χ0n) is 7.99. The fraction of sp³-hybridized carbons (Fsp3) is 0.875. The number of halogens is 3. The van der Waals surface area contributed by atoms with Crippen LogP contribution >= 0.6 is 0 Å². The van der Waals surface area contributed by atoms with Crippen LogP contribution in [-0.2, 0) is 4.74 Å². The summed E-state index contributed by atoms with van der Waals surface area (Å²) >= 11 is 0. The third kappa shape index (κ3) is 9.15. The van der Waals surface area contributed by atoms with E-state index in [2.05, 4.69) is 10.1 Å². The second-order valence-electron chi connectivity index (χ2n) is 2.72. The van der Waals surface area contributed by atoms with Gasteiger partial charge in [-0.05, 0) is 19.8 Å². The molecule has 3 nitrogen and oxygen atoms in total. The van der Waals surface area contributed by atoms with Crippen LogP contribution in [-0.4, -0.2) is 25.4 Å². The lowest BCUT2D eigenvalue weighted by Gasteiger charge is -2.06. The molecule has 0 aromatic carbocycles. The summed E-state index contributed by atoms with van der Waals surface area (Å²) in [6.45, 7) is 2.13. The molecule has 0 aliphatic carbocycles. The zero-order chi connectivity index (χ0) is 11.0. The second-order valence-corrected chi connectivity index (χ2v) is 2.72. The maximum absolute atomic E-state index is 11.7. The highest BCUT2D eigenvalue weighted by Crippen LogP contribution is 2.21. The third-order valence-corrected chi connectivity index (χ3v) is 1.43. The smallest absolute Gasteiger partial charge is 0.407 e. The largest absolute Gasteiger partial charge is 0.450 e. The van der Waals surface area contributed by atoms with Crippen molar-refractivity contribution < 1.29 is 22.7 Å². The van der Waals surface area contributed by atoms with Crippen LogP contribution in [0.15, 0.2) is 0 Å². The Labute approximate surface area is 80.6 Å². The van der Waals surface area contributed by atoms with Gasteiger partial charge in [-0.3, -0.25) is 0 Å². The summed E-state index contributed by atoms with van der Waals surface area (Å²) < 4.78 is 39.5. The van der Waals surface area contributed by atoms with E-state index in [0.29, 0.717) is 6.42 Å². The van der Waals surface area contributed by atoms with E-state index >= 15 is 0 Å². The number of hydrogen-bond acceptors (Lipinski definition) is 2. The predicted octanol–water partition coefficient (Wildman–Crippen LogP) is 2.47. The average molecular weight is 213 g/mol. The summed E-state index contributed by atoms with van der Waals surface area (Å²) in [5.41, 5.74) is 0. The van der Waals surface area contributed by atoms with E-state index in [9.17, 15) is 18.0 Å². The van der Waals surface area contributed by atoms with E-state index in [1.54, 1.807) is 6.92 Å². The van der Waals surface area contributed by atoms with Crippen molar-refractivity contribution >= 4 is 6.09 Å². The van der Waals surface area contributed by atoms with Crippen LogP contribution in [0.4, 0.5) is 18.0 Å². The first-order valence-corrected chi connectivity index (χ1v) is 4.43. The molecule has 0 atom stereocenters. The highest BCUT2D eigenvalue weighted by molar-refractivity contribution is 5.66. The van der Waals surface area contributed by atoms with Crippen LogP contribution in [0.5, 0.6) is 0 Å². The normalized spacial score (nSPS) is 11.1. The number of ether oxygens (including phenoxy) is 1. The fourth-order valence-corrected chi connectivity index (χ4v) is 0.823. The average Bonchev–Trinajstić information content (AvgIpc) is 2.02. The van der Waals surface area contributed by atoms with Crippen LogP contribution in [0, 0.1) is 0 Å². The number of alkyl carbamates (subject to hydrolysis) is 1. The van der Waals surface area contributed by atoms with Crippen molar-refractivity contribution in [2.24, 2.45) is 0 Å². The predicted molar refractivity (Wildman–Crippen MR) is 44.9 cm³/mol. The molecule has 0 spiro atoms. The Balaban J connectivity index is 3.26. The molecule has 0 aromatic rings. The maximum atomic E-state index is 11.7. The molecule has 0 saturated heterocycles. The molecule has 84 valence electrons. The Morgan fingerprint density at radius 1 is 1.36 bits per heavy atom. The van der Waals surface area contributed by atoms with Crippen molar-refractivity contribution in [3.05, 3.63) is 0 Å². The third-order valence-electron chi connectivity index (χ3n) is 1.43. The number of alkyl halides is 3. The minimum Gasteiger partial charge on any atom is -0.450 e. The van der Waals surface area contributed by atoms with Gasteiger partial charge in [0.1, 0.15) is 0 Å². The van der Waals surface area contributed by atoms with Crippen molar-refractivity contribution in [2.75, 3.05) is 13.2 Å². The van der Waals surface area contributed by atoms with Crippen molar-refractivity contribution in [1.82, 2.24) is 5.32 Å². The van der Waals surface area contributed by atoms with E-state index in [1.165, 1.54) is 0 Å². The first-order valence-electron chi connectivity index (χ1n) is 4.43. The molecule has 0 bridgehead atoms. The van der Waals surface area contributed by atoms with Gasteiger partial charge in [0.2, 0.25) is 0 Å². The number of rotatable bonds is 5. The topological polar surface area (TPSA) is 38.3 Å². The molecule has 14 heavy (non-hydrogen) atoms. The van der Waals surface area contributed by atoms with Gasteiger partial charge in [0.05, 0.1) is 6.61 Å². The summed E-state index contributed by atoms with van der Waals surface area (Å²) in [5, 5.41) is 2.34. The van der Waals surface area contributed by atoms with E-state index < -0.39 is 18.7 Å². The van der Waals surface area contributed by atoms with Crippen LogP contribution < -0.4 is 5.32 Å². The van der Waals surface area contributed by atoms with E-state index in [0.717, 1.165) is 0 Å². The van der Waals surface area contributed by atoms with E-state index in [1.807, 2.05) is 0 Å². The van der Waals surface area contributed by atoms with Gasteiger partial charge in [0, 0.05) is 13.0 Å². The molecular weight excluding hydrogens is 199 g/mol. The van der Waals surface area contributed by atoms with Crippen LogP contribution in [0.25, 0.3) is 0 Å². The lowest BCUT2D eigenvalue weighted by molar-refractivity contribution is -0.135. The van der Waals surface area contributed by atoms with Crippen molar-refractivity contribution in [3.63, 3.8) is 0 Å². The molecule has 0 aromatic heterocycles. The van der Waals surface area contributed by atoms with Gasteiger partial charge in [-0.2, -0.15) is 13.2 Å². The van der Waals surface area contributed by atoms with Crippen molar-refractivity contribution in [2.45, 2.75) is 32.4 Å². The van der Waals surface area contributed by atoms with Gasteiger partial charge in [-0.1, -0.05) is 0 Å². The number of nitrogens with one attached hydrogen (secondary N) is 1. The first kappa shape index (κ1) is 13.1. The monoisotopic (exact) mass is 213 g/mol. The van der Waals surface area contributed by atoms with Crippen molar-refractivity contribution in [1.29, 1.82) is 0 Å². The molecule has 0 aliphatic heterocycles. The highest BCUT2D eigenvalue weighted by Gasteiger charge is 2.25. The van der Waals surface area contributed by atoms with Crippen LogP contribution in [0.2, 0.25) is 0 Å². The summed E-state index contributed by atoms with van der Waals surface area (Å²) in [6, 6.07) is 0. The Morgan fingerprint density at radius 2 is 2.00 bits per heavy atom. The Bertz CT molecular complexity index is 170. The molecule has 0 fully saturated rings. The minimum absolute atomic E-state index is 0.0237. The summed E-state index contributed by atoms with van der Waals surface area (Å²) in [6.07, 6.45) is -5.17. The number of carbonyl (C=O) groups excluding carboxylic acids is 1. The minimum atomic E-state index is -4.11. The van der Waals surface area contributed by atoms with Crippen LogP contribution in [0.1, 0.15) is 26.2 Å². The van der Waals surface area contributed by atoms with Gasteiger partial charge < -0.3 is 10.1 Å². The standard InChI is InChI=1S/C8H14F3NO2/c1-2-14-7(13)12-6-4-3-5-8(9,10)11/h2-6H2,1H3,(H,12,13).